The first-order valence-corrected chi connectivity index (χ1v) is 8.96. The molecule has 0 spiro atoms. The summed E-state index contributed by atoms with van der Waals surface area (Å²) in [6, 6.07) is 14.7. The van der Waals surface area contributed by atoms with Gasteiger partial charge < -0.3 is 15.4 Å². The van der Waals surface area contributed by atoms with Crippen LogP contribution >= 0.6 is 0 Å². The summed E-state index contributed by atoms with van der Waals surface area (Å²) in [5, 5.41) is 5.03. The number of hydrogen-bond donors (Lipinski definition) is 2. The fourth-order valence-corrected chi connectivity index (χ4v) is 2.30. The fraction of sp³-hybridized carbons (Fsp3) is 0.182. The Labute approximate surface area is 168 Å². The number of rotatable bonds is 8. The van der Waals surface area contributed by atoms with Crippen molar-refractivity contribution in [2.45, 2.75) is 19.9 Å². The lowest BCUT2D eigenvalue weighted by Crippen LogP contribution is -2.39. The first-order chi connectivity index (χ1) is 13.8. The van der Waals surface area contributed by atoms with Crippen LogP contribution in [0, 0.1) is 0 Å². The Balaban J connectivity index is 1.75. The van der Waals surface area contributed by atoms with Crippen molar-refractivity contribution in [2.24, 2.45) is 0 Å². The highest BCUT2D eigenvalue weighted by atomic mass is 16.5. The van der Waals surface area contributed by atoms with Gasteiger partial charge >= 0.3 is 5.97 Å². The average Bonchev–Trinajstić information content (AvgIpc) is 2.71. The van der Waals surface area contributed by atoms with E-state index in [1.807, 2.05) is 30.3 Å². The molecule has 2 rings (SSSR count). The Bertz CT molecular complexity index is 905. The van der Waals surface area contributed by atoms with E-state index < -0.39 is 30.4 Å². The Kier molecular flexibility index (Phi) is 7.85. The Hall–Kier alpha value is -3.74. The fourth-order valence-electron chi connectivity index (χ4n) is 2.30. The van der Waals surface area contributed by atoms with E-state index in [0.717, 1.165) is 5.56 Å². The summed E-state index contributed by atoms with van der Waals surface area (Å²) < 4.78 is 4.92. The minimum Gasteiger partial charge on any atom is -0.454 e. The quantitative estimate of drug-likeness (QED) is 0.407. The SMILES string of the molecule is CC(=O)c1ccc(NC(=O)COC(=O)[C@H](C)NC(=O)/C=C/c2ccccc2)cc1. The normalized spacial score (nSPS) is 11.5. The third-order valence-electron chi connectivity index (χ3n) is 3.86. The maximum Gasteiger partial charge on any atom is 0.328 e. The van der Waals surface area contributed by atoms with Gasteiger partial charge in [0.15, 0.2) is 12.4 Å². The molecule has 0 aliphatic rings. The summed E-state index contributed by atoms with van der Waals surface area (Å²) in [6.45, 7) is 2.42. The standard InChI is InChI=1S/C22H22N2O5/c1-15(23-20(26)13-8-17-6-4-3-5-7-17)22(28)29-14-21(27)24-19-11-9-18(10-12-19)16(2)25/h3-13,15H,14H2,1-2H3,(H,23,26)(H,24,27)/b13-8+/t15-/m0/s1. The van der Waals surface area contributed by atoms with Gasteiger partial charge in [-0.05, 0) is 49.8 Å². The number of anilines is 1. The van der Waals surface area contributed by atoms with E-state index in [4.69, 9.17) is 4.74 Å². The molecular formula is C22H22N2O5. The van der Waals surface area contributed by atoms with Crippen LogP contribution < -0.4 is 10.6 Å². The highest BCUT2D eigenvalue weighted by Crippen LogP contribution is 2.10. The minimum absolute atomic E-state index is 0.0774. The highest BCUT2D eigenvalue weighted by Gasteiger charge is 2.17. The van der Waals surface area contributed by atoms with Gasteiger partial charge in [-0.2, -0.15) is 0 Å². The second-order valence-electron chi connectivity index (χ2n) is 6.26. The Morgan fingerprint density at radius 1 is 1.00 bits per heavy atom. The number of amides is 2. The molecule has 0 aliphatic heterocycles. The molecule has 2 aromatic rings. The molecule has 2 N–H and O–H groups in total. The van der Waals surface area contributed by atoms with Crippen LogP contribution in [-0.4, -0.2) is 36.2 Å². The summed E-state index contributed by atoms with van der Waals surface area (Å²) in [4.78, 5) is 46.9. The zero-order valence-corrected chi connectivity index (χ0v) is 16.2. The molecule has 0 bridgehead atoms. The molecule has 0 fully saturated rings. The molecule has 1 atom stereocenters. The molecular weight excluding hydrogens is 372 g/mol. The predicted octanol–water partition coefficient (Wildman–Crippen LogP) is 2.59. The molecule has 0 saturated carbocycles. The van der Waals surface area contributed by atoms with Gasteiger partial charge in [-0.15, -0.1) is 0 Å². The number of benzene rings is 2. The van der Waals surface area contributed by atoms with Crippen molar-refractivity contribution in [1.82, 2.24) is 5.32 Å². The van der Waals surface area contributed by atoms with Crippen molar-refractivity contribution in [3.05, 3.63) is 71.8 Å². The van der Waals surface area contributed by atoms with Gasteiger partial charge in [0.05, 0.1) is 0 Å². The Morgan fingerprint density at radius 2 is 1.66 bits per heavy atom. The molecule has 0 saturated heterocycles. The van der Waals surface area contributed by atoms with Gasteiger partial charge in [0.25, 0.3) is 5.91 Å². The van der Waals surface area contributed by atoms with Crippen molar-refractivity contribution < 1.29 is 23.9 Å². The smallest absolute Gasteiger partial charge is 0.328 e. The molecule has 0 unspecified atom stereocenters. The van der Waals surface area contributed by atoms with Crippen LogP contribution in [0.5, 0.6) is 0 Å². The van der Waals surface area contributed by atoms with Crippen molar-refractivity contribution in [1.29, 1.82) is 0 Å². The van der Waals surface area contributed by atoms with Crippen molar-refractivity contribution in [3.8, 4) is 0 Å². The molecule has 7 heteroatoms. The molecule has 0 radical (unpaired) electrons. The van der Waals surface area contributed by atoms with Crippen LogP contribution in [0.25, 0.3) is 6.08 Å². The van der Waals surface area contributed by atoms with E-state index in [2.05, 4.69) is 10.6 Å². The number of nitrogens with one attached hydrogen (secondary N) is 2. The topological polar surface area (TPSA) is 102 Å². The Morgan fingerprint density at radius 3 is 2.28 bits per heavy atom. The molecule has 0 heterocycles. The second-order valence-corrected chi connectivity index (χ2v) is 6.26. The lowest BCUT2D eigenvalue weighted by atomic mass is 10.1. The maximum atomic E-state index is 12.0. The van der Waals surface area contributed by atoms with Gasteiger partial charge in [-0.25, -0.2) is 4.79 Å². The third-order valence-corrected chi connectivity index (χ3v) is 3.86. The highest BCUT2D eigenvalue weighted by molar-refractivity contribution is 5.97. The number of ketones is 1. The predicted molar refractivity (Wildman–Crippen MR) is 109 cm³/mol. The van der Waals surface area contributed by atoms with Crippen LogP contribution in [0.1, 0.15) is 29.8 Å². The first-order valence-electron chi connectivity index (χ1n) is 8.96. The van der Waals surface area contributed by atoms with Gasteiger partial charge in [0.2, 0.25) is 5.91 Å². The summed E-state index contributed by atoms with van der Waals surface area (Å²) in [5.74, 6) is -1.79. The van der Waals surface area contributed by atoms with Gasteiger partial charge in [-0.3, -0.25) is 14.4 Å². The van der Waals surface area contributed by atoms with Gasteiger partial charge in [0, 0.05) is 17.3 Å². The van der Waals surface area contributed by atoms with Crippen LogP contribution in [0.3, 0.4) is 0 Å². The van der Waals surface area contributed by atoms with Gasteiger partial charge in [0.1, 0.15) is 6.04 Å². The minimum atomic E-state index is -0.912. The second kappa shape index (κ2) is 10.6. The van der Waals surface area contributed by atoms with E-state index >= 15 is 0 Å². The van der Waals surface area contributed by atoms with Crippen molar-refractivity contribution in [2.75, 3.05) is 11.9 Å². The van der Waals surface area contributed by atoms with Crippen LogP contribution in [0.15, 0.2) is 60.7 Å². The largest absolute Gasteiger partial charge is 0.454 e. The molecule has 150 valence electrons. The number of Topliss-reactive ketones (excluding diaryl/α,β-unsaturated/α-hetero) is 1. The molecule has 7 nitrogen and oxygen atoms in total. The van der Waals surface area contributed by atoms with E-state index in [9.17, 15) is 19.2 Å². The lowest BCUT2D eigenvalue weighted by molar-refractivity contribution is -0.149. The molecule has 2 amide bonds. The van der Waals surface area contributed by atoms with E-state index in [1.54, 1.807) is 30.3 Å². The summed E-state index contributed by atoms with van der Waals surface area (Å²) in [6.07, 6.45) is 2.94. The lowest BCUT2D eigenvalue weighted by Gasteiger charge is -2.12. The summed E-state index contributed by atoms with van der Waals surface area (Å²) in [7, 11) is 0. The zero-order valence-electron chi connectivity index (χ0n) is 16.2. The number of esters is 1. The third kappa shape index (κ3) is 7.42. The molecule has 2 aromatic carbocycles. The van der Waals surface area contributed by atoms with E-state index in [1.165, 1.54) is 19.9 Å². The van der Waals surface area contributed by atoms with E-state index in [-0.39, 0.29) is 5.78 Å². The first kappa shape index (κ1) is 21.6. The zero-order chi connectivity index (χ0) is 21.2. The van der Waals surface area contributed by atoms with Crippen LogP contribution in [0.2, 0.25) is 0 Å². The molecule has 0 aromatic heterocycles. The maximum absolute atomic E-state index is 12.0. The molecule has 0 aliphatic carbocycles. The molecule has 29 heavy (non-hydrogen) atoms. The van der Waals surface area contributed by atoms with Crippen molar-refractivity contribution >= 4 is 35.3 Å². The average molecular weight is 394 g/mol. The number of ether oxygens (including phenoxy) is 1. The van der Waals surface area contributed by atoms with Crippen molar-refractivity contribution in [3.63, 3.8) is 0 Å². The monoisotopic (exact) mass is 394 g/mol. The number of carbonyl (C=O) groups is 4. The summed E-state index contributed by atoms with van der Waals surface area (Å²) in [5.41, 5.74) is 1.86. The van der Waals surface area contributed by atoms with Crippen LogP contribution in [-0.2, 0) is 19.1 Å². The number of carbonyl (C=O) groups excluding carboxylic acids is 4. The number of hydrogen-bond acceptors (Lipinski definition) is 5. The van der Waals surface area contributed by atoms with E-state index in [0.29, 0.717) is 11.3 Å². The summed E-state index contributed by atoms with van der Waals surface area (Å²) >= 11 is 0. The van der Waals surface area contributed by atoms with Gasteiger partial charge in [-0.1, -0.05) is 30.3 Å². The van der Waals surface area contributed by atoms with Crippen LogP contribution in [0.4, 0.5) is 5.69 Å².